The van der Waals surface area contributed by atoms with Crippen molar-refractivity contribution in [2.75, 3.05) is 20.1 Å². The Bertz CT molecular complexity index is 430. The summed E-state index contributed by atoms with van der Waals surface area (Å²) in [7, 11) is 2.28. The quantitative estimate of drug-likeness (QED) is 0.919. The van der Waals surface area contributed by atoms with Crippen molar-refractivity contribution in [1.29, 1.82) is 0 Å². The lowest BCUT2D eigenvalue weighted by Crippen LogP contribution is -2.35. The van der Waals surface area contributed by atoms with Gasteiger partial charge in [-0.25, -0.2) is 0 Å². The highest BCUT2D eigenvalue weighted by Crippen LogP contribution is 2.29. The molecule has 1 fully saturated rings. The van der Waals surface area contributed by atoms with Crippen molar-refractivity contribution in [2.24, 2.45) is 0 Å². The first kappa shape index (κ1) is 15.5. The molecule has 0 spiro atoms. The van der Waals surface area contributed by atoms with Crippen molar-refractivity contribution in [3.8, 4) is 0 Å². The van der Waals surface area contributed by atoms with Gasteiger partial charge in [-0.15, -0.1) is 0 Å². The van der Waals surface area contributed by atoms with Gasteiger partial charge in [0.2, 0.25) is 0 Å². The summed E-state index contributed by atoms with van der Waals surface area (Å²) in [5.41, 5.74) is 3.94. The summed E-state index contributed by atoms with van der Waals surface area (Å²) in [6, 6.07) is 1.13. The van der Waals surface area contributed by atoms with Gasteiger partial charge in [0.05, 0.1) is 5.69 Å². The third-order valence-corrected chi connectivity index (χ3v) is 4.89. The second kappa shape index (κ2) is 6.72. The maximum Gasteiger partial charge on any atom is 0.0644 e. The average Bonchev–Trinajstić information content (AvgIpc) is 2.64. The molecular formula is C16H30N4. The van der Waals surface area contributed by atoms with Crippen molar-refractivity contribution in [3.63, 3.8) is 0 Å². The topological polar surface area (TPSA) is 33.1 Å². The van der Waals surface area contributed by atoms with Gasteiger partial charge in [-0.2, -0.15) is 5.10 Å². The lowest BCUT2D eigenvalue weighted by atomic mass is 10.0. The second-order valence-electron chi connectivity index (χ2n) is 6.08. The van der Waals surface area contributed by atoms with Crippen molar-refractivity contribution in [2.45, 2.75) is 65.6 Å². The van der Waals surface area contributed by atoms with Crippen LogP contribution < -0.4 is 5.32 Å². The summed E-state index contributed by atoms with van der Waals surface area (Å²) in [5.74, 6) is 0. The van der Waals surface area contributed by atoms with Crippen LogP contribution in [-0.4, -0.2) is 40.9 Å². The minimum Gasteiger partial charge on any atom is -0.317 e. The van der Waals surface area contributed by atoms with Gasteiger partial charge in [0.25, 0.3) is 0 Å². The molecule has 2 unspecified atom stereocenters. The second-order valence-corrected chi connectivity index (χ2v) is 6.08. The van der Waals surface area contributed by atoms with Gasteiger partial charge in [0.1, 0.15) is 0 Å². The van der Waals surface area contributed by atoms with Crippen LogP contribution in [0.2, 0.25) is 0 Å². The number of aromatic nitrogens is 2. The molecule has 0 amide bonds. The number of nitrogens with zero attached hydrogens (tertiary/aromatic N) is 3. The molecule has 2 atom stereocenters. The van der Waals surface area contributed by atoms with E-state index in [4.69, 9.17) is 0 Å². The van der Waals surface area contributed by atoms with Crippen LogP contribution in [0.5, 0.6) is 0 Å². The molecule has 1 N–H and O–H groups in total. The van der Waals surface area contributed by atoms with Gasteiger partial charge < -0.3 is 5.32 Å². The van der Waals surface area contributed by atoms with Crippen LogP contribution in [0.15, 0.2) is 0 Å². The molecule has 1 aliphatic heterocycles. The van der Waals surface area contributed by atoms with Crippen molar-refractivity contribution in [3.05, 3.63) is 17.0 Å². The molecule has 0 radical (unpaired) electrons. The first-order chi connectivity index (χ1) is 9.56. The molecule has 0 saturated carbocycles. The number of nitrogens with one attached hydrogen (secondary N) is 1. The summed E-state index contributed by atoms with van der Waals surface area (Å²) < 4.78 is 2.13. The molecular weight excluding hydrogens is 248 g/mol. The lowest BCUT2D eigenvalue weighted by Gasteiger charge is -2.33. The Balaban J connectivity index is 2.17. The third-order valence-electron chi connectivity index (χ3n) is 4.89. The zero-order chi connectivity index (χ0) is 14.7. The molecule has 1 saturated heterocycles. The smallest absolute Gasteiger partial charge is 0.0644 e. The van der Waals surface area contributed by atoms with E-state index in [1.54, 1.807) is 0 Å². The fourth-order valence-corrected chi connectivity index (χ4v) is 3.55. The zero-order valence-electron chi connectivity index (χ0n) is 13.7. The van der Waals surface area contributed by atoms with E-state index >= 15 is 0 Å². The van der Waals surface area contributed by atoms with E-state index in [9.17, 15) is 0 Å². The standard InChI is InChI=1S/C16H30N4/c1-6-20-14(4)16(12(2)18-20)13(3)19(5)15-8-7-10-17-11-9-15/h13,15,17H,6-11H2,1-5H3. The highest BCUT2D eigenvalue weighted by molar-refractivity contribution is 5.28. The Labute approximate surface area is 123 Å². The molecule has 4 nitrogen and oxygen atoms in total. The molecule has 1 aromatic rings. The van der Waals surface area contributed by atoms with Crippen LogP contribution >= 0.6 is 0 Å². The van der Waals surface area contributed by atoms with E-state index in [0.29, 0.717) is 12.1 Å². The SMILES string of the molecule is CCn1nc(C)c(C(C)N(C)C2CCCNCC2)c1C. The Kier molecular flexibility index (Phi) is 5.22. The van der Waals surface area contributed by atoms with Crippen molar-refractivity contribution in [1.82, 2.24) is 20.0 Å². The predicted octanol–water partition coefficient (Wildman–Crippen LogP) is 2.65. The van der Waals surface area contributed by atoms with E-state index in [0.717, 1.165) is 13.1 Å². The van der Waals surface area contributed by atoms with Crippen molar-refractivity contribution < 1.29 is 0 Å². The van der Waals surface area contributed by atoms with Crippen LogP contribution in [-0.2, 0) is 6.54 Å². The predicted molar refractivity (Wildman–Crippen MR) is 84.1 cm³/mol. The Hall–Kier alpha value is -0.870. The molecule has 1 aliphatic rings. The summed E-state index contributed by atoms with van der Waals surface area (Å²) >= 11 is 0. The highest BCUT2D eigenvalue weighted by Gasteiger charge is 2.25. The van der Waals surface area contributed by atoms with E-state index in [1.165, 1.54) is 42.8 Å². The number of hydrogen-bond acceptors (Lipinski definition) is 3. The normalized spacial score (nSPS) is 22.0. The molecule has 0 aromatic carbocycles. The third kappa shape index (κ3) is 3.07. The molecule has 0 bridgehead atoms. The van der Waals surface area contributed by atoms with Gasteiger partial charge in [-0.3, -0.25) is 9.58 Å². The van der Waals surface area contributed by atoms with Gasteiger partial charge in [-0.1, -0.05) is 0 Å². The minimum absolute atomic E-state index is 0.443. The summed E-state index contributed by atoms with van der Waals surface area (Å²) in [6.45, 7) is 12.1. The lowest BCUT2D eigenvalue weighted by molar-refractivity contribution is 0.170. The van der Waals surface area contributed by atoms with E-state index in [1.807, 2.05) is 0 Å². The van der Waals surface area contributed by atoms with Crippen LogP contribution in [0.3, 0.4) is 0 Å². The molecule has 0 aliphatic carbocycles. The highest BCUT2D eigenvalue weighted by atomic mass is 15.3. The first-order valence-electron chi connectivity index (χ1n) is 8.02. The maximum atomic E-state index is 4.67. The van der Waals surface area contributed by atoms with Gasteiger partial charge in [0.15, 0.2) is 0 Å². The van der Waals surface area contributed by atoms with Gasteiger partial charge in [0, 0.05) is 29.9 Å². The number of hydrogen-bond donors (Lipinski definition) is 1. The zero-order valence-corrected chi connectivity index (χ0v) is 13.7. The maximum absolute atomic E-state index is 4.67. The fourth-order valence-electron chi connectivity index (χ4n) is 3.55. The largest absolute Gasteiger partial charge is 0.317 e. The summed E-state index contributed by atoms with van der Waals surface area (Å²) in [5, 5.41) is 8.18. The Morgan fingerprint density at radius 3 is 2.75 bits per heavy atom. The van der Waals surface area contributed by atoms with Gasteiger partial charge in [-0.05, 0) is 67.1 Å². The molecule has 4 heteroatoms. The molecule has 114 valence electrons. The van der Waals surface area contributed by atoms with Crippen molar-refractivity contribution >= 4 is 0 Å². The first-order valence-corrected chi connectivity index (χ1v) is 8.02. The van der Waals surface area contributed by atoms with Crippen LogP contribution in [0.1, 0.15) is 56.1 Å². The Morgan fingerprint density at radius 1 is 1.35 bits per heavy atom. The average molecular weight is 278 g/mol. The number of rotatable bonds is 4. The van der Waals surface area contributed by atoms with Gasteiger partial charge >= 0.3 is 0 Å². The molecule has 2 rings (SSSR count). The molecule has 2 heterocycles. The summed E-state index contributed by atoms with van der Waals surface area (Å²) in [4.78, 5) is 2.56. The molecule has 1 aromatic heterocycles. The fraction of sp³-hybridized carbons (Fsp3) is 0.812. The summed E-state index contributed by atoms with van der Waals surface area (Å²) in [6.07, 6.45) is 3.84. The van der Waals surface area contributed by atoms with E-state index < -0.39 is 0 Å². The van der Waals surface area contributed by atoms with Crippen LogP contribution in [0.4, 0.5) is 0 Å². The van der Waals surface area contributed by atoms with Crippen LogP contribution in [0, 0.1) is 13.8 Å². The van der Waals surface area contributed by atoms with E-state index in [-0.39, 0.29) is 0 Å². The monoisotopic (exact) mass is 278 g/mol. The minimum atomic E-state index is 0.443. The number of aryl methyl sites for hydroxylation is 2. The molecule has 20 heavy (non-hydrogen) atoms. The van der Waals surface area contributed by atoms with E-state index in [2.05, 4.69) is 54.7 Å². The van der Waals surface area contributed by atoms with Crippen LogP contribution in [0.25, 0.3) is 0 Å². The Morgan fingerprint density at radius 2 is 2.10 bits per heavy atom.